The van der Waals surface area contributed by atoms with Crippen LogP contribution in [0.4, 0.5) is 4.79 Å². The van der Waals surface area contributed by atoms with E-state index in [2.05, 4.69) is 22.5 Å². The second-order valence-corrected chi connectivity index (χ2v) is 14.7. The van der Waals surface area contributed by atoms with E-state index in [-0.39, 0.29) is 43.3 Å². The monoisotopic (exact) mass is 749 g/mol. The van der Waals surface area contributed by atoms with Crippen LogP contribution in [0, 0.1) is 5.92 Å². The summed E-state index contributed by atoms with van der Waals surface area (Å²) >= 11 is 6.16. The SMILES string of the molecule is CCCCNC(=O)C(C1CCCCC1)N(CCN1CCOCC1)C(=O)CCCN1C(=O)NC(c2ccc(Cl)cc2)C(C(=O)OCc2ccccc2)=C1C. The van der Waals surface area contributed by atoms with Gasteiger partial charge in [-0.3, -0.25) is 19.4 Å². The molecule has 0 radical (unpaired) electrons. The molecule has 0 aromatic heterocycles. The van der Waals surface area contributed by atoms with Crippen LogP contribution in [0.25, 0.3) is 0 Å². The highest BCUT2D eigenvalue weighted by molar-refractivity contribution is 6.30. The van der Waals surface area contributed by atoms with Crippen LogP contribution in [-0.4, -0.2) is 97.0 Å². The number of nitrogens with zero attached hydrogens (tertiary/aromatic N) is 3. The number of urea groups is 1. The molecule has 12 heteroatoms. The van der Waals surface area contributed by atoms with Crippen LogP contribution >= 0.6 is 11.6 Å². The van der Waals surface area contributed by atoms with Gasteiger partial charge in [-0.2, -0.15) is 0 Å². The number of allylic oxidation sites excluding steroid dienone is 1. The highest BCUT2D eigenvalue weighted by Crippen LogP contribution is 2.33. The second kappa shape index (κ2) is 20.5. The van der Waals surface area contributed by atoms with E-state index in [1.54, 1.807) is 31.2 Å². The zero-order valence-corrected chi connectivity index (χ0v) is 32.1. The number of amides is 4. The van der Waals surface area contributed by atoms with E-state index >= 15 is 0 Å². The molecule has 2 aliphatic heterocycles. The summed E-state index contributed by atoms with van der Waals surface area (Å²) in [7, 11) is 0. The molecule has 1 saturated heterocycles. The Balaban J connectivity index is 1.34. The third-order valence-electron chi connectivity index (χ3n) is 10.6. The number of halogens is 1. The van der Waals surface area contributed by atoms with Gasteiger partial charge < -0.3 is 25.0 Å². The summed E-state index contributed by atoms with van der Waals surface area (Å²) in [5.74, 6) is -0.598. The molecule has 2 fully saturated rings. The number of hydrogen-bond acceptors (Lipinski definition) is 7. The largest absolute Gasteiger partial charge is 0.457 e. The van der Waals surface area contributed by atoms with Crippen molar-refractivity contribution in [3.05, 3.63) is 82.0 Å². The van der Waals surface area contributed by atoms with E-state index in [0.29, 0.717) is 61.1 Å². The van der Waals surface area contributed by atoms with Crippen molar-refractivity contribution in [2.24, 2.45) is 5.92 Å². The molecule has 1 saturated carbocycles. The number of nitrogens with one attached hydrogen (secondary N) is 2. The predicted molar refractivity (Wildman–Crippen MR) is 205 cm³/mol. The lowest BCUT2D eigenvalue weighted by Gasteiger charge is -2.39. The molecule has 0 spiro atoms. The highest BCUT2D eigenvalue weighted by atomic mass is 35.5. The van der Waals surface area contributed by atoms with Gasteiger partial charge >= 0.3 is 12.0 Å². The number of hydrogen-bond donors (Lipinski definition) is 2. The van der Waals surface area contributed by atoms with Crippen molar-refractivity contribution in [3.63, 3.8) is 0 Å². The summed E-state index contributed by atoms with van der Waals surface area (Å²) in [6.07, 6.45) is 7.45. The number of carbonyl (C=O) groups is 4. The molecule has 0 bridgehead atoms. The number of morpholine rings is 1. The molecule has 53 heavy (non-hydrogen) atoms. The Morgan fingerprint density at radius 3 is 2.42 bits per heavy atom. The normalized spacial score (nSPS) is 19.0. The van der Waals surface area contributed by atoms with Crippen molar-refractivity contribution in [3.8, 4) is 0 Å². The first-order valence-electron chi connectivity index (χ1n) is 19.4. The fourth-order valence-corrected chi connectivity index (χ4v) is 7.72. The van der Waals surface area contributed by atoms with E-state index in [4.69, 9.17) is 21.1 Å². The molecule has 2 heterocycles. The number of unbranched alkanes of at least 4 members (excludes halogenated alkanes) is 1. The van der Waals surface area contributed by atoms with Crippen LogP contribution in [0.5, 0.6) is 0 Å². The van der Waals surface area contributed by atoms with Gasteiger partial charge in [0.1, 0.15) is 12.6 Å². The van der Waals surface area contributed by atoms with Gasteiger partial charge in [-0.05, 0) is 61.8 Å². The van der Waals surface area contributed by atoms with Crippen LogP contribution in [0.1, 0.15) is 88.8 Å². The van der Waals surface area contributed by atoms with Gasteiger partial charge in [-0.25, -0.2) is 9.59 Å². The first kappa shape index (κ1) is 40.3. The van der Waals surface area contributed by atoms with Gasteiger partial charge in [0.15, 0.2) is 0 Å². The summed E-state index contributed by atoms with van der Waals surface area (Å²) in [4.78, 5) is 61.2. The van der Waals surface area contributed by atoms with Gasteiger partial charge in [0.2, 0.25) is 11.8 Å². The van der Waals surface area contributed by atoms with Crippen molar-refractivity contribution >= 4 is 35.4 Å². The van der Waals surface area contributed by atoms with Gasteiger partial charge in [0.05, 0.1) is 24.8 Å². The first-order valence-corrected chi connectivity index (χ1v) is 19.8. The molecular weight excluding hydrogens is 694 g/mol. The molecule has 2 unspecified atom stereocenters. The maximum Gasteiger partial charge on any atom is 0.338 e. The average molecular weight is 750 g/mol. The van der Waals surface area contributed by atoms with Crippen LogP contribution in [0.15, 0.2) is 65.9 Å². The third-order valence-corrected chi connectivity index (χ3v) is 10.9. The lowest BCUT2D eigenvalue weighted by atomic mass is 9.82. The summed E-state index contributed by atoms with van der Waals surface area (Å²) in [5.41, 5.74) is 2.34. The second-order valence-electron chi connectivity index (χ2n) is 14.3. The molecule has 2 atom stereocenters. The molecule has 2 N–H and O–H groups in total. The maximum absolute atomic E-state index is 14.3. The number of rotatable bonds is 17. The van der Waals surface area contributed by atoms with Gasteiger partial charge in [0.25, 0.3) is 0 Å². The van der Waals surface area contributed by atoms with E-state index < -0.39 is 18.1 Å². The fraction of sp³-hybridized carbons (Fsp3) is 0.561. The van der Waals surface area contributed by atoms with Gasteiger partial charge in [-0.1, -0.05) is 86.7 Å². The minimum atomic E-state index is -0.737. The zero-order chi connectivity index (χ0) is 37.6. The van der Waals surface area contributed by atoms with E-state index in [0.717, 1.165) is 63.6 Å². The van der Waals surface area contributed by atoms with Crippen molar-refractivity contribution < 1.29 is 28.7 Å². The zero-order valence-electron chi connectivity index (χ0n) is 31.3. The summed E-state index contributed by atoms with van der Waals surface area (Å²) in [6, 6.07) is 14.8. The third kappa shape index (κ3) is 11.3. The number of ether oxygens (including phenoxy) is 2. The predicted octanol–water partition coefficient (Wildman–Crippen LogP) is 6.23. The van der Waals surface area contributed by atoms with Crippen molar-refractivity contribution in [2.45, 2.75) is 90.3 Å². The Hall–Kier alpha value is -3.93. The summed E-state index contributed by atoms with van der Waals surface area (Å²) in [6.45, 7) is 8.73. The number of carbonyl (C=O) groups excluding carboxylic acids is 4. The highest BCUT2D eigenvalue weighted by Gasteiger charge is 2.39. The minimum absolute atomic E-state index is 0.0678. The number of benzene rings is 2. The number of esters is 1. The maximum atomic E-state index is 14.3. The molecule has 2 aromatic carbocycles. The molecule has 5 rings (SSSR count). The van der Waals surface area contributed by atoms with Crippen LogP contribution < -0.4 is 10.6 Å². The Kier molecular flexibility index (Phi) is 15.6. The van der Waals surface area contributed by atoms with Crippen LogP contribution in [0.2, 0.25) is 5.02 Å². The van der Waals surface area contributed by atoms with Crippen LogP contribution in [0.3, 0.4) is 0 Å². The fourth-order valence-electron chi connectivity index (χ4n) is 7.60. The molecule has 11 nitrogen and oxygen atoms in total. The minimum Gasteiger partial charge on any atom is -0.457 e. The van der Waals surface area contributed by atoms with Gasteiger partial charge in [-0.15, -0.1) is 0 Å². The lowest BCUT2D eigenvalue weighted by Crippen LogP contribution is -2.56. The Morgan fingerprint density at radius 1 is 1.00 bits per heavy atom. The lowest BCUT2D eigenvalue weighted by molar-refractivity contribution is -0.143. The molecule has 2 aromatic rings. The average Bonchev–Trinajstić information content (AvgIpc) is 3.18. The smallest absolute Gasteiger partial charge is 0.338 e. The first-order chi connectivity index (χ1) is 25.8. The quantitative estimate of drug-likeness (QED) is 0.145. The molecule has 1 aliphatic carbocycles. The van der Waals surface area contributed by atoms with Crippen molar-refractivity contribution in [1.82, 2.24) is 25.3 Å². The molecular formula is C41H56ClN5O6. The standard InChI is InChI=1S/C41H56ClN5O6/c1-3-4-21-43-39(49)38(33-14-9-6-10-15-33)47(24-23-45-25-27-52-28-26-45)35(48)16-11-22-46-30(2)36(40(50)53-29-31-12-7-5-8-13-31)37(44-41(46)51)32-17-19-34(42)20-18-32/h5,7-8,12-13,17-20,33,37-38H,3-4,6,9-11,14-16,21-29H2,1-2H3,(H,43,49)(H,44,51). The Labute approximate surface area is 319 Å². The summed E-state index contributed by atoms with van der Waals surface area (Å²) in [5, 5.41) is 6.69. The Bertz CT molecular complexity index is 1540. The molecule has 4 amide bonds. The van der Waals surface area contributed by atoms with E-state index in [1.807, 2.05) is 35.2 Å². The molecule has 288 valence electrons. The van der Waals surface area contributed by atoms with Crippen molar-refractivity contribution in [2.75, 3.05) is 52.5 Å². The van der Waals surface area contributed by atoms with Crippen LogP contribution in [-0.2, 0) is 30.5 Å². The van der Waals surface area contributed by atoms with Gasteiger partial charge in [0, 0.05) is 56.4 Å². The van der Waals surface area contributed by atoms with E-state index in [1.165, 1.54) is 4.90 Å². The topological polar surface area (TPSA) is 121 Å². The van der Waals surface area contributed by atoms with Crippen molar-refractivity contribution in [1.29, 1.82) is 0 Å². The Morgan fingerprint density at radius 2 is 1.72 bits per heavy atom. The summed E-state index contributed by atoms with van der Waals surface area (Å²) < 4.78 is 11.3. The van der Waals surface area contributed by atoms with E-state index in [9.17, 15) is 19.2 Å². The molecule has 3 aliphatic rings.